The molecule has 1 heterocycles. The molecule has 80 valence electrons. The van der Waals surface area contributed by atoms with E-state index in [0.717, 1.165) is 16.5 Å². The minimum Gasteiger partial charge on any atom is -0.387 e. The van der Waals surface area contributed by atoms with Crippen molar-refractivity contribution in [1.29, 1.82) is 0 Å². The number of rotatable bonds is 3. The Morgan fingerprint density at radius 3 is 3.07 bits per heavy atom. The fraction of sp³-hybridized carbons (Fsp3) is 0.273. The minimum absolute atomic E-state index is 0.512. The van der Waals surface area contributed by atoms with Gasteiger partial charge in [-0.05, 0) is 25.2 Å². The van der Waals surface area contributed by atoms with Gasteiger partial charge in [-0.3, -0.25) is 0 Å². The lowest BCUT2D eigenvalue weighted by atomic mass is 10.1. The molecule has 0 aliphatic carbocycles. The molecule has 2 rings (SSSR count). The number of halogens is 1. The lowest BCUT2D eigenvalue weighted by Crippen LogP contribution is -2.16. The molecule has 1 aromatic carbocycles. The number of hydrogen-bond acceptors (Lipinski definition) is 2. The van der Waals surface area contributed by atoms with Crippen LogP contribution in [0.15, 0.2) is 24.4 Å². The molecule has 3 N–H and O–H groups in total. The van der Waals surface area contributed by atoms with E-state index in [9.17, 15) is 5.11 Å². The molecule has 15 heavy (non-hydrogen) atoms. The molecule has 0 aliphatic rings. The number of aliphatic hydroxyl groups is 1. The van der Waals surface area contributed by atoms with Crippen molar-refractivity contribution in [2.45, 2.75) is 6.10 Å². The average molecular weight is 225 g/mol. The van der Waals surface area contributed by atoms with Crippen molar-refractivity contribution >= 4 is 22.5 Å². The van der Waals surface area contributed by atoms with Crippen LogP contribution in [0.3, 0.4) is 0 Å². The normalized spacial score (nSPS) is 13.3. The predicted octanol–water partition coefficient (Wildman–Crippen LogP) is 2.07. The second kappa shape index (κ2) is 4.23. The van der Waals surface area contributed by atoms with E-state index >= 15 is 0 Å². The lowest BCUT2D eigenvalue weighted by Gasteiger charge is -2.08. The third kappa shape index (κ3) is 2.00. The summed E-state index contributed by atoms with van der Waals surface area (Å²) < 4.78 is 0. The van der Waals surface area contributed by atoms with Crippen molar-refractivity contribution in [1.82, 2.24) is 10.3 Å². The van der Waals surface area contributed by atoms with Crippen LogP contribution in [0.4, 0.5) is 0 Å². The molecule has 1 aromatic heterocycles. The van der Waals surface area contributed by atoms with Gasteiger partial charge in [0.2, 0.25) is 0 Å². The van der Waals surface area contributed by atoms with Gasteiger partial charge < -0.3 is 15.4 Å². The highest BCUT2D eigenvalue weighted by Crippen LogP contribution is 2.26. The molecule has 0 radical (unpaired) electrons. The number of benzene rings is 1. The fourth-order valence-electron chi connectivity index (χ4n) is 1.69. The number of nitrogens with one attached hydrogen (secondary N) is 2. The fourth-order valence-corrected chi connectivity index (χ4v) is 1.87. The highest BCUT2D eigenvalue weighted by Gasteiger charge is 2.12. The molecule has 0 saturated heterocycles. The first kappa shape index (κ1) is 10.5. The van der Waals surface area contributed by atoms with E-state index in [1.807, 2.05) is 31.4 Å². The van der Waals surface area contributed by atoms with Gasteiger partial charge in [0.05, 0.1) is 6.10 Å². The number of H-pyrrole nitrogens is 1. The second-order valence-electron chi connectivity index (χ2n) is 3.51. The van der Waals surface area contributed by atoms with Gasteiger partial charge in [-0.1, -0.05) is 11.6 Å². The third-order valence-corrected chi connectivity index (χ3v) is 2.67. The molecule has 0 fully saturated rings. The van der Waals surface area contributed by atoms with Gasteiger partial charge >= 0.3 is 0 Å². The summed E-state index contributed by atoms with van der Waals surface area (Å²) in [7, 11) is 1.81. The summed E-state index contributed by atoms with van der Waals surface area (Å²) in [6.07, 6.45) is 1.31. The van der Waals surface area contributed by atoms with Crippen molar-refractivity contribution < 1.29 is 5.11 Å². The highest BCUT2D eigenvalue weighted by atomic mass is 35.5. The van der Waals surface area contributed by atoms with E-state index in [-0.39, 0.29) is 0 Å². The molecule has 4 heteroatoms. The predicted molar refractivity (Wildman–Crippen MR) is 62.2 cm³/mol. The van der Waals surface area contributed by atoms with Crippen LogP contribution in [0.25, 0.3) is 10.9 Å². The summed E-state index contributed by atoms with van der Waals surface area (Å²) in [5.41, 5.74) is 1.87. The summed E-state index contributed by atoms with van der Waals surface area (Å²) in [5.74, 6) is 0. The summed E-state index contributed by atoms with van der Waals surface area (Å²) in [4.78, 5) is 3.11. The maximum Gasteiger partial charge on any atom is 0.0934 e. The van der Waals surface area contributed by atoms with Crippen LogP contribution in [0, 0.1) is 0 Å². The molecule has 3 nitrogen and oxygen atoms in total. The Morgan fingerprint density at radius 1 is 1.53 bits per heavy atom. The largest absolute Gasteiger partial charge is 0.387 e. The van der Waals surface area contributed by atoms with Crippen LogP contribution >= 0.6 is 11.6 Å². The van der Waals surface area contributed by atoms with Crippen LogP contribution in [0.1, 0.15) is 11.7 Å². The Labute approximate surface area is 93.1 Å². The Bertz CT molecular complexity index is 467. The first-order valence-corrected chi connectivity index (χ1v) is 5.19. The van der Waals surface area contributed by atoms with Crippen LogP contribution in [-0.2, 0) is 0 Å². The number of aliphatic hydroxyl groups excluding tert-OH is 1. The Morgan fingerprint density at radius 2 is 2.33 bits per heavy atom. The first-order valence-electron chi connectivity index (χ1n) is 4.81. The van der Waals surface area contributed by atoms with Gasteiger partial charge in [-0.15, -0.1) is 0 Å². The van der Waals surface area contributed by atoms with E-state index in [1.54, 1.807) is 0 Å². The van der Waals surface area contributed by atoms with Gasteiger partial charge in [0.25, 0.3) is 0 Å². The highest BCUT2D eigenvalue weighted by molar-refractivity contribution is 6.31. The molecule has 2 aromatic rings. The van der Waals surface area contributed by atoms with Gasteiger partial charge in [0.1, 0.15) is 0 Å². The summed E-state index contributed by atoms with van der Waals surface area (Å²) in [5, 5.41) is 14.5. The zero-order chi connectivity index (χ0) is 10.8. The van der Waals surface area contributed by atoms with Gasteiger partial charge in [-0.25, -0.2) is 0 Å². The molecular formula is C11H13ClN2O. The summed E-state index contributed by atoms with van der Waals surface area (Å²) >= 11 is 5.92. The maximum atomic E-state index is 9.87. The molecular weight excluding hydrogens is 212 g/mol. The third-order valence-electron chi connectivity index (χ3n) is 2.43. The molecule has 0 aliphatic heterocycles. The zero-order valence-electron chi connectivity index (χ0n) is 8.42. The minimum atomic E-state index is -0.512. The molecule has 0 spiro atoms. The lowest BCUT2D eigenvalue weighted by molar-refractivity contribution is 0.179. The number of aromatic nitrogens is 1. The van der Waals surface area contributed by atoms with E-state index in [0.29, 0.717) is 11.6 Å². The van der Waals surface area contributed by atoms with Gasteiger partial charge in [0.15, 0.2) is 0 Å². The quantitative estimate of drug-likeness (QED) is 0.748. The molecule has 0 bridgehead atoms. The summed E-state index contributed by atoms with van der Waals surface area (Å²) in [6.45, 7) is 0.527. The molecule has 1 unspecified atom stereocenters. The van der Waals surface area contributed by atoms with E-state index < -0.39 is 6.10 Å². The first-order chi connectivity index (χ1) is 7.22. The maximum absolute atomic E-state index is 9.87. The van der Waals surface area contributed by atoms with Crippen molar-refractivity contribution in [2.75, 3.05) is 13.6 Å². The number of hydrogen-bond donors (Lipinski definition) is 3. The second-order valence-corrected chi connectivity index (χ2v) is 3.94. The van der Waals surface area contributed by atoms with Gasteiger partial charge in [0, 0.05) is 34.2 Å². The molecule has 1 atom stereocenters. The van der Waals surface area contributed by atoms with Crippen LogP contribution in [0.2, 0.25) is 5.02 Å². The standard InChI is InChI=1S/C11H13ClN2O/c1-13-6-11(15)9-5-14-10-3-2-7(12)4-8(9)10/h2-5,11,13-15H,6H2,1H3. The number of aromatic amines is 1. The Balaban J connectivity index is 2.47. The Kier molecular flexibility index (Phi) is 2.95. The molecule has 0 saturated carbocycles. The summed E-state index contributed by atoms with van der Waals surface area (Å²) in [6, 6.07) is 5.60. The number of fused-ring (bicyclic) bond motifs is 1. The van der Waals surface area contributed by atoms with Crippen molar-refractivity contribution in [3.63, 3.8) is 0 Å². The Hall–Kier alpha value is -1.03. The van der Waals surface area contributed by atoms with Crippen molar-refractivity contribution in [2.24, 2.45) is 0 Å². The van der Waals surface area contributed by atoms with Gasteiger partial charge in [-0.2, -0.15) is 0 Å². The smallest absolute Gasteiger partial charge is 0.0934 e. The van der Waals surface area contributed by atoms with E-state index in [1.165, 1.54) is 0 Å². The zero-order valence-corrected chi connectivity index (χ0v) is 9.17. The van der Waals surface area contributed by atoms with Crippen molar-refractivity contribution in [3.8, 4) is 0 Å². The van der Waals surface area contributed by atoms with E-state index in [4.69, 9.17) is 11.6 Å². The van der Waals surface area contributed by atoms with Crippen LogP contribution in [0.5, 0.6) is 0 Å². The topological polar surface area (TPSA) is 48.0 Å². The van der Waals surface area contributed by atoms with Crippen LogP contribution in [-0.4, -0.2) is 23.7 Å². The SMILES string of the molecule is CNCC(O)c1c[nH]c2ccc(Cl)cc12. The number of likely N-dealkylation sites (N-methyl/N-ethyl adjacent to an activating group) is 1. The average Bonchev–Trinajstić information content (AvgIpc) is 2.60. The van der Waals surface area contributed by atoms with Crippen molar-refractivity contribution in [3.05, 3.63) is 35.0 Å². The monoisotopic (exact) mass is 224 g/mol. The molecule has 0 amide bonds. The van der Waals surface area contributed by atoms with E-state index in [2.05, 4.69) is 10.3 Å². The van der Waals surface area contributed by atoms with Crippen LogP contribution < -0.4 is 5.32 Å².